The normalized spacial score (nSPS) is 24.0. The number of rotatable bonds is 2. The number of β-amino-alcohol motifs (C(OH)–C–C–N with tert-alkyl or cyclic N) is 1. The molecule has 0 saturated carbocycles. The number of hydrogen-bond donors (Lipinski definition) is 2. The van der Waals surface area contributed by atoms with Crippen LogP contribution < -0.4 is 5.56 Å². The van der Waals surface area contributed by atoms with Crippen LogP contribution in [-0.2, 0) is 0 Å². The number of pyridine rings is 1. The van der Waals surface area contributed by atoms with E-state index in [9.17, 15) is 14.7 Å². The van der Waals surface area contributed by atoms with Crippen LogP contribution in [0.2, 0.25) is 0 Å². The average molecular weight is 236 g/mol. The summed E-state index contributed by atoms with van der Waals surface area (Å²) in [4.78, 5) is 27.3. The number of nitrogens with zero attached hydrogens (tertiary/aromatic N) is 1. The van der Waals surface area contributed by atoms with E-state index in [-0.39, 0.29) is 23.1 Å². The lowest BCUT2D eigenvalue weighted by Gasteiger charge is -2.15. The van der Waals surface area contributed by atoms with Gasteiger partial charge in [-0.15, -0.1) is 0 Å². The van der Waals surface area contributed by atoms with E-state index in [0.717, 1.165) is 6.42 Å². The number of aromatic nitrogens is 1. The number of aromatic amines is 1. The van der Waals surface area contributed by atoms with Crippen molar-refractivity contribution in [3.63, 3.8) is 0 Å². The monoisotopic (exact) mass is 236 g/mol. The van der Waals surface area contributed by atoms with Gasteiger partial charge in [-0.25, -0.2) is 0 Å². The second kappa shape index (κ2) is 4.71. The van der Waals surface area contributed by atoms with Crippen LogP contribution in [0.15, 0.2) is 23.0 Å². The Hall–Kier alpha value is -1.62. The third-order valence-electron chi connectivity index (χ3n) is 3.22. The van der Waals surface area contributed by atoms with Crippen molar-refractivity contribution >= 4 is 5.91 Å². The minimum Gasteiger partial charge on any atom is -0.391 e. The van der Waals surface area contributed by atoms with Crippen LogP contribution in [0.5, 0.6) is 0 Å². The Morgan fingerprint density at radius 3 is 2.88 bits per heavy atom. The highest BCUT2D eigenvalue weighted by atomic mass is 16.3. The predicted octanol–water partition coefficient (Wildman–Crippen LogP) is 0.218. The minimum absolute atomic E-state index is 0.134. The predicted molar refractivity (Wildman–Crippen MR) is 62.8 cm³/mol. The van der Waals surface area contributed by atoms with Crippen molar-refractivity contribution in [3.8, 4) is 0 Å². The summed E-state index contributed by atoms with van der Waals surface area (Å²) in [5.74, 6) is -0.0907. The fraction of sp³-hybridized carbons (Fsp3) is 0.500. The Morgan fingerprint density at radius 1 is 1.53 bits per heavy atom. The molecule has 1 saturated heterocycles. The zero-order valence-electron chi connectivity index (χ0n) is 9.72. The summed E-state index contributed by atoms with van der Waals surface area (Å²) < 4.78 is 0. The maximum absolute atomic E-state index is 12.1. The molecule has 2 rings (SSSR count). The first-order valence-corrected chi connectivity index (χ1v) is 5.78. The van der Waals surface area contributed by atoms with E-state index in [4.69, 9.17) is 0 Å². The largest absolute Gasteiger partial charge is 0.391 e. The summed E-state index contributed by atoms with van der Waals surface area (Å²) in [5.41, 5.74) is -0.0101. The first-order valence-electron chi connectivity index (χ1n) is 5.78. The lowest BCUT2D eigenvalue weighted by molar-refractivity contribution is 0.0758. The van der Waals surface area contributed by atoms with Crippen molar-refractivity contribution in [3.05, 3.63) is 34.2 Å². The molecule has 5 nitrogen and oxygen atoms in total. The topological polar surface area (TPSA) is 73.4 Å². The molecule has 0 bridgehead atoms. The molecule has 2 N–H and O–H groups in total. The molecule has 1 aromatic heterocycles. The molecule has 0 aromatic carbocycles. The van der Waals surface area contributed by atoms with Crippen LogP contribution in [-0.4, -0.2) is 40.1 Å². The summed E-state index contributed by atoms with van der Waals surface area (Å²) in [6, 6.07) is 4.50. The Kier molecular flexibility index (Phi) is 3.28. The maximum atomic E-state index is 12.1. The van der Waals surface area contributed by atoms with E-state index >= 15 is 0 Å². The quantitative estimate of drug-likeness (QED) is 0.771. The molecule has 1 fully saturated rings. The van der Waals surface area contributed by atoms with Gasteiger partial charge in [0.15, 0.2) is 0 Å². The van der Waals surface area contributed by atoms with Crippen molar-refractivity contribution in [1.82, 2.24) is 9.88 Å². The van der Waals surface area contributed by atoms with Gasteiger partial charge in [0, 0.05) is 25.1 Å². The van der Waals surface area contributed by atoms with E-state index < -0.39 is 6.10 Å². The van der Waals surface area contributed by atoms with Crippen molar-refractivity contribution in [1.29, 1.82) is 0 Å². The molecule has 5 heteroatoms. The molecule has 17 heavy (non-hydrogen) atoms. The van der Waals surface area contributed by atoms with E-state index in [2.05, 4.69) is 4.98 Å². The molecule has 0 aliphatic carbocycles. The first-order chi connectivity index (χ1) is 8.11. The third kappa shape index (κ3) is 2.39. The molecule has 92 valence electrons. The van der Waals surface area contributed by atoms with Gasteiger partial charge >= 0.3 is 0 Å². The fourth-order valence-electron chi connectivity index (χ4n) is 2.16. The highest BCUT2D eigenvalue weighted by Gasteiger charge is 2.33. The van der Waals surface area contributed by atoms with Crippen LogP contribution in [0, 0.1) is 5.92 Å². The zero-order valence-corrected chi connectivity index (χ0v) is 9.72. The number of aliphatic hydroxyl groups excluding tert-OH is 1. The standard InChI is InChI=1S/C12H16N2O3/c1-2-8-6-14(7-10(8)15)12(17)9-4-3-5-11(16)13-9/h3-5,8,10,15H,2,6-7H2,1H3,(H,13,16). The van der Waals surface area contributed by atoms with Gasteiger partial charge in [-0.2, -0.15) is 0 Å². The number of aliphatic hydroxyl groups is 1. The summed E-state index contributed by atoms with van der Waals surface area (Å²) in [5, 5.41) is 9.74. The van der Waals surface area contributed by atoms with Crippen molar-refractivity contribution in [2.45, 2.75) is 19.4 Å². The van der Waals surface area contributed by atoms with Gasteiger partial charge in [-0.1, -0.05) is 13.0 Å². The molecular formula is C12H16N2O3. The summed E-state index contributed by atoms with van der Waals surface area (Å²) >= 11 is 0. The van der Waals surface area contributed by atoms with Crippen LogP contribution in [0.4, 0.5) is 0 Å². The number of amides is 1. The van der Waals surface area contributed by atoms with E-state index in [1.807, 2.05) is 6.92 Å². The Morgan fingerprint density at radius 2 is 2.29 bits per heavy atom. The first kappa shape index (κ1) is 11.9. The molecular weight excluding hydrogens is 220 g/mol. The van der Waals surface area contributed by atoms with E-state index in [0.29, 0.717) is 13.1 Å². The van der Waals surface area contributed by atoms with E-state index in [1.165, 1.54) is 6.07 Å². The van der Waals surface area contributed by atoms with Crippen LogP contribution in [0.1, 0.15) is 23.8 Å². The smallest absolute Gasteiger partial charge is 0.270 e. The number of hydrogen-bond acceptors (Lipinski definition) is 3. The van der Waals surface area contributed by atoms with Gasteiger partial charge in [0.1, 0.15) is 5.69 Å². The molecule has 1 aliphatic rings. The van der Waals surface area contributed by atoms with E-state index in [1.54, 1.807) is 17.0 Å². The molecule has 1 aromatic rings. The molecule has 1 amide bonds. The maximum Gasteiger partial charge on any atom is 0.270 e. The fourth-order valence-corrected chi connectivity index (χ4v) is 2.16. The second-order valence-corrected chi connectivity index (χ2v) is 4.37. The van der Waals surface area contributed by atoms with Gasteiger partial charge in [0.2, 0.25) is 5.56 Å². The SMILES string of the molecule is CCC1CN(C(=O)c2cccc(=O)[nH]2)CC1O. The highest BCUT2D eigenvalue weighted by Crippen LogP contribution is 2.21. The van der Waals surface area contributed by atoms with Crippen LogP contribution in [0.25, 0.3) is 0 Å². The minimum atomic E-state index is -0.459. The van der Waals surface area contributed by atoms with Crippen LogP contribution in [0.3, 0.4) is 0 Å². The van der Waals surface area contributed by atoms with Crippen molar-refractivity contribution in [2.24, 2.45) is 5.92 Å². The molecule has 0 radical (unpaired) electrons. The van der Waals surface area contributed by atoms with Gasteiger partial charge in [-0.3, -0.25) is 9.59 Å². The Bertz CT molecular complexity index is 469. The average Bonchev–Trinajstić information content (AvgIpc) is 2.69. The Labute approximate surface area is 99.1 Å². The summed E-state index contributed by atoms with van der Waals surface area (Å²) in [7, 11) is 0. The lowest BCUT2D eigenvalue weighted by Crippen LogP contribution is -2.31. The molecule has 0 spiro atoms. The number of carbonyl (C=O) groups is 1. The summed E-state index contributed by atoms with van der Waals surface area (Å²) in [6.07, 6.45) is 0.385. The lowest BCUT2D eigenvalue weighted by atomic mass is 10.0. The number of nitrogens with one attached hydrogen (secondary N) is 1. The van der Waals surface area contributed by atoms with Crippen LogP contribution >= 0.6 is 0 Å². The number of carbonyl (C=O) groups excluding carboxylic acids is 1. The highest BCUT2D eigenvalue weighted by molar-refractivity contribution is 5.92. The van der Waals surface area contributed by atoms with Gasteiger partial charge < -0.3 is 15.0 Å². The van der Waals surface area contributed by atoms with Gasteiger partial charge in [-0.05, 0) is 12.5 Å². The zero-order chi connectivity index (χ0) is 12.4. The van der Waals surface area contributed by atoms with Crippen molar-refractivity contribution in [2.75, 3.05) is 13.1 Å². The summed E-state index contributed by atoms with van der Waals surface area (Å²) in [6.45, 7) is 2.88. The van der Waals surface area contributed by atoms with Crippen molar-refractivity contribution < 1.29 is 9.90 Å². The molecule has 2 atom stereocenters. The molecule has 1 aliphatic heterocycles. The number of H-pyrrole nitrogens is 1. The second-order valence-electron chi connectivity index (χ2n) is 4.37. The number of likely N-dealkylation sites (tertiary alicyclic amines) is 1. The Balaban J connectivity index is 2.14. The molecule has 2 unspecified atom stereocenters. The molecule has 2 heterocycles. The van der Waals surface area contributed by atoms with Gasteiger partial charge in [0.25, 0.3) is 5.91 Å². The van der Waals surface area contributed by atoms with Gasteiger partial charge in [0.05, 0.1) is 6.10 Å². The third-order valence-corrected chi connectivity index (χ3v) is 3.22.